The maximum absolute atomic E-state index is 12.9. The van der Waals surface area contributed by atoms with Crippen LogP contribution in [0, 0.1) is 5.92 Å². The van der Waals surface area contributed by atoms with Gasteiger partial charge in [-0.15, -0.1) is 11.3 Å². The third kappa shape index (κ3) is 3.44. The van der Waals surface area contributed by atoms with Crippen molar-refractivity contribution in [2.24, 2.45) is 5.92 Å². The zero-order chi connectivity index (χ0) is 19.7. The molecule has 0 saturated carbocycles. The third-order valence-corrected chi connectivity index (χ3v) is 6.52. The zero-order valence-corrected chi connectivity index (χ0v) is 17.1. The third-order valence-electron chi connectivity index (χ3n) is 5.41. The fourth-order valence-electron chi connectivity index (χ4n) is 3.81. The van der Waals surface area contributed by atoms with Gasteiger partial charge in [-0.05, 0) is 55.9 Å². The van der Waals surface area contributed by atoms with Gasteiger partial charge in [-0.2, -0.15) is 0 Å². The Balaban J connectivity index is 1.66. The van der Waals surface area contributed by atoms with Crippen molar-refractivity contribution in [2.45, 2.75) is 39.5 Å². The Morgan fingerprint density at radius 3 is 2.96 bits per heavy atom. The first-order valence-corrected chi connectivity index (χ1v) is 10.7. The molecule has 5 nitrogen and oxygen atoms in total. The van der Waals surface area contributed by atoms with E-state index in [1.54, 1.807) is 0 Å². The number of fused-ring (bicyclic) bond motifs is 2. The van der Waals surface area contributed by atoms with Crippen molar-refractivity contribution in [3.8, 4) is 5.75 Å². The molecule has 1 aliphatic carbocycles. The number of thiophene rings is 1. The highest BCUT2D eigenvalue weighted by Crippen LogP contribution is 2.37. The number of aromatic nitrogens is 1. The van der Waals surface area contributed by atoms with Crippen molar-refractivity contribution >= 4 is 38.8 Å². The van der Waals surface area contributed by atoms with E-state index < -0.39 is 0 Å². The molecule has 28 heavy (non-hydrogen) atoms. The molecule has 0 bridgehead atoms. The van der Waals surface area contributed by atoms with Crippen molar-refractivity contribution in [1.82, 2.24) is 4.98 Å². The molecule has 1 amide bonds. The first-order chi connectivity index (χ1) is 13.6. The minimum Gasteiger partial charge on any atom is -0.492 e. The number of nitrogens with one attached hydrogen (secondary N) is 1. The molecule has 0 radical (unpaired) electrons. The summed E-state index contributed by atoms with van der Waals surface area (Å²) in [7, 11) is 0. The van der Waals surface area contributed by atoms with Crippen LogP contribution < -0.4 is 15.8 Å². The van der Waals surface area contributed by atoms with Crippen molar-refractivity contribution in [2.75, 3.05) is 17.7 Å². The molecular weight excluding hydrogens is 370 g/mol. The van der Waals surface area contributed by atoms with Crippen LogP contribution in [0.4, 0.5) is 11.4 Å². The molecule has 0 spiro atoms. The number of anilines is 2. The minimum absolute atomic E-state index is 0.225. The lowest BCUT2D eigenvalue weighted by Gasteiger charge is -2.22. The molecule has 1 aliphatic rings. The topological polar surface area (TPSA) is 77.2 Å². The molecule has 3 aromatic rings. The summed E-state index contributed by atoms with van der Waals surface area (Å²) in [6, 6.07) is 9.57. The van der Waals surface area contributed by atoms with Crippen LogP contribution in [0.3, 0.4) is 0 Å². The molecule has 3 N–H and O–H groups in total. The van der Waals surface area contributed by atoms with Crippen molar-refractivity contribution in [3.05, 3.63) is 46.5 Å². The van der Waals surface area contributed by atoms with Crippen LogP contribution in [-0.2, 0) is 12.8 Å². The maximum atomic E-state index is 12.9. The largest absolute Gasteiger partial charge is 0.492 e. The highest BCUT2D eigenvalue weighted by Gasteiger charge is 2.23. The predicted molar refractivity (Wildman–Crippen MR) is 115 cm³/mol. The summed E-state index contributed by atoms with van der Waals surface area (Å²) in [5.41, 5.74) is 9.97. The quantitative estimate of drug-likeness (QED) is 0.634. The lowest BCUT2D eigenvalue weighted by Crippen LogP contribution is -2.14. The van der Waals surface area contributed by atoms with Crippen LogP contribution in [0.15, 0.2) is 30.3 Å². The van der Waals surface area contributed by atoms with Crippen molar-refractivity contribution < 1.29 is 9.53 Å². The van der Waals surface area contributed by atoms with Gasteiger partial charge >= 0.3 is 0 Å². The number of rotatable bonds is 5. The summed E-state index contributed by atoms with van der Waals surface area (Å²) in [5.74, 6) is 1.14. The molecule has 2 heterocycles. The van der Waals surface area contributed by atoms with Crippen LogP contribution in [0.1, 0.15) is 47.6 Å². The normalized spacial score (nSPS) is 16.0. The molecule has 4 rings (SSSR count). The van der Waals surface area contributed by atoms with Crippen molar-refractivity contribution in [1.29, 1.82) is 0 Å². The zero-order valence-electron chi connectivity index (χ0n) is 16.2. The Bertz CT molecular complexity index is 1030. The molecule has 146 valence electrons. The van der Waals surface area contributed by atoms with Gasteiger partial charge in [-0.25, -0.2) is 4.98 Å². The number of amides is 1. The van der Waals surface area contributed by atoms with Gasteiger partial charge in [-0.3, -0.25) is 4.79 Å². The average Bonchev–Trinajstić information content (AvgIpc) is 3.03. The van der Waals surface area contributed by atoms with Gasteiger partial charge in [0, 0.05) is 11.1 Å². The van der Waals surface area contributed by atoms with E-state index in [4.69, 9.17) is 15.5 Å². The number of ether oxygens (including phenoxy) is 1. The standard InChI is InChI=1S/C22H25N3O2S/c1-3-13-9-10-16-14(11-13)12-15-19(23)20(28-22(15)25-16)21(26)24-17-7-5-6-8-18(17)27-4-2/h5-8,12-13H,3-4,9-11,23H2,1-2H3,(H,24,26). The van der Waals surface area contributed by atoms with E-state index in [9.17, 15) is 4.79 Å². The maximum Gasteiger partial charge on any atom is 0.268 e. The van der Waals surface area contributed by atoms with E-state index in [0.29, 0.717) is 34.5 Å². The molecule has 0 aliphatic heterocycles. The van der Waals surface area contributed by atoms with Gasteiger partial charge in [0.05, 0.1) is 18.0 Å². The second-order valence-electron chi connectivity index (χ2n) is 7.19. The Labute approximate surface area is 168 Å². The molecule has 1 atom stereocenters. The van der Waals surface area contributed by atoms with E-state index in [-0.39, 0.29) is 5.91 Å². The van der Waals surface area contributed by atoms with Crippen LogP contribution in [-0.4, -0.2) is 17.5 Å². The number of para-hydroxylation sites is 2. The number of nitrogen functional groups attached to an aromatic ring is 1. The van der Waals surface area contributed by atoms with Crippen LogP contribution >= 0.6 is 11.3 Å². The fourth-order valence-corrected chi connectivity index (χ4v) is 4.80. The van der Waals surface area contributed by atoms with E-state index in [1.807, 2.05) is 31.2 Å². The number of hydrogen-bond acceptors (Lipinski definition) is 5. The Kier molecular flexibility index (Phi) is 5.22. The molecule has 1 aromatic carbocycles. The minimum atomic E-state index is -0.225. The van der Waals surface area contributed by atoms with Crippen molar-refractivity contribution in [3.63, 3.8) is 0 Å². The molecule has 2 aromatic heterocycles. The Hall–Kier alpha value is -2.60. The Morgan fingerprint density at radius 1 is 1.36 bits per heavy atom. The summed E-state index contributed by atoms with van der Waals surface area (Å²) in [6.07, 6.45) is 4.42. The summed E-state index contributed by atoms with van der Waals surface area (Å²) < 4.78 is 5.60. The molecule has 0 saturated heterocycles. The summed E-state index contributed by atoms with van der Waals surface area (Å²) in [5, 5.41) is 3.83. The second kappa shape index (κ2) is 7.80. The molecular formula is C22H25N3O2S. The average molecular weight is 396 g/mol. The number of benzene rings is 1. The smallest absolute Gasteiger partial charge is 0.268 e. The van der Waals surface area contributed by atoms with E-state index in [0.717, 1.165) is 28.8 Å². The van der Waals surface area contributed by atoms with Gasteiger partial charge in [-0.1, -0.05) is 25.5 Å². The van der Waals surface area contributed by atoms with Crippen LogP contribution in [0.5, 0.6) is 5.75 Å². The predicted octanol–water partition coefficient (Wildman–Crippen LogP) is 5.04. The summed E-state index contributed by atoms with van der Waals surface area (Å²) in [6.45, 7) is 4.69. The van der Waals surface area contributed by atoms with E-state index >= 15 is 0 Å². The lowest BCUT2D eigenvalue weighted by atomic mass is 9.85. The van der Waals surface area contributed by atoms with Gasteiger partial charge in [0.25, 0.3) is 5.91 Å². The van der Waals surface area contributed by atoms with Gasteiger partial charge in [0.15, 0.2) is 0 Å². The highest BCUT2D eigenvalue weighted by atomic mass is 32.1. The summed E-state index contributed by atoms with van der Waals surface area (Å²) in [4.78, 5) is 19.1. The number of carbonyl (C=O) groups is 1. The van der Waals surface area contributed by atoms with Gasteiger partial charge < -0.3 is 15.8 Å². The lowest BCUT2D eigenvalue weighted by molar-refractivity contribution is 0.103. The van der Waals surface area contributed by atoms with E-state index in [1.165, 1.54) is 29.7 Å². The first-order valence-electron chi connectivity index (χ1n) is 9.84. The van der Waals surface area contributed by atoms with E-state index in [2.05, 4.69) is 18.3 Å². The van der Waals surface area contributed by atoms with Gasteiger partial charge in [0.1, 0.15) is 15.5 Å². The highest BCUT2D eigenvalue weighted by molar-refractivity contribution is 7.21. The monoisotopic (exact) mass is 395 g/mol. The van der Waals surface area contributed by atoms with Gasteiger partial charge in [0.2, 0.25) is 0 Å². The van der Waals surface area contributed by atoms with Crippen LogP contribution in [0.25, 0.3) is 10.2 Å². The fraction of sp³-hybridized carbons (Fsp3) is 0.364. The molecule has 1 unspecified atom stereocenters. The molecule has 0 fully saturated rings. The number of aryl methyl sites for hydroxylation is 1. The number of carbonyl (C=O) groups excluding carboxylic acids is 1. The van der Waals surface area contributed by atoms with Crippen LogP contribution in [0.2, 0.25) is 0 Å². The Morgan fingerprint density at radius 2 is 2.18 bits per heavy atom. The first kappa shape index (κ1) is 18.7. The number of hydrogen-bond donors (Lipinski definition) is 2. The summed E-state index contributed by atoms with van der Waals surface area (Å²) >= 11 is 1.36. The SMILES string of the molecule is CCOc1ccccc1NC(=O)c1sc2nc3c(cc2c1N)CC(CC)CC3. The molecule has 6 heteroatoms. The number of nitrogens with two attached hydrogens (primary N) is 1. The number of nitrogens with zero attached hydrogens (tertiary/aromatic N) is 1. The second-order valence-corrected chi connectivity index (χ2v) is 8.19. The number of pyridine rings is 1.